The second-order valence-electron chi connectivity index (χ2n) is 3.26. The van der Waals surface area contributed by atoms with Gasteiger partial charge >= 0.3 is 5.97 Å². The first kappa shape index (κ1) is 14.2. The van der Waals surface area contributed by atoms with Gasteiger partial charge in [0.1, 0.15) is 5.82 Å². The predicted molar refractivity (Wildman–Crippen MR) is 72.8 cm³/mol. The van der Waals surface area contributed by atoms with Crippen molar-refractivity contribution in [3.63, 3.8) is 0 Å². The molecule has 18 heavy (non-hydrogen) atoms. The number of benzene rings is 2. The van der Waals surface area contributed by atoms with Crippen molar-refractivity contribution in [2.75, 3.05) is 7.11 Å². The lowest BCUT2D eigenvalue weighted by Crippen LogP contribution is -2.05. The Morgan fingerprint density at radius 1 is 1.28 bits per heavy atom. The first-order valence-corrected chi connectivity index (χ1v) is 5.73. The summed E-state index contributed by atoms with van der Waals surface area (Å²) in [5, 5.41) is 1.13. The highest BCUT2D eigenvalue weighted by Gasteiger charge is 2.16. The molecular formula is C14H10BrFO2. The van der Waals surface area contributed by atoms with Gasteiger partial charge in [0.25, 0.3) is 0 Å². The molecule has 0 saturated carbocycles. The number of ether oxygens (including phenoxy) is 1. The predicted octanol–water partition coefficient (Wildman–Crippen LogP) is 3.78. The molecule has 0 spiro atoms. The maximum absolute atomic E-state index is 14.0. The first-order chi connectivity index (χ1) is 8.65. The third-order valence-corrected chi connectivity index (χ3v) is 2.99. The van der Waals surface area contributed by atoms with Crippen LogP contribution >= 0.6 is 15.9 Å². The number of terminal acetylenes is 1. The normalized spacial score (nSPS) is 9.39. The van der Waals surface area contributed by atoms with Gasteiger partial charge in [-0.3, -0.25) is 0 Å². The van der Waals surface area contributed by atoms with Crippen molar-refractivity contribution < 1.29 is 13.9 Å². The van der Waals surface area contributed by atoms with Gasteiger partial charge in [-0.2, -0.15) is 0 Å². The van der Waals surface area contributed by atoms with Gasteiger partial charge in [0, 0.05) is 9.86 Å². The molecule has 0 aromatic heterocycles. The molecule has 2 rings (SSSR count). The molecule has 0 heterocycles. The molecule has 0 radical (unpaired) electrons. The summed E-state index contributed by atoms with van der Waals surface area (Å²) in [5.41, 5.74) is -0.0620. The van der Waals surface area contributed by atoms with Gasteiger partial charge in [-0.05, 0) is 11.5 Å². The number of esters is 1. The van der Waals surface area contributed by atoms with Gasteiger partial charge in [0.2, 0.25) is 0 Å². The van der Waals surface area contributed by atoms with Crippen LogP contribution in [0.2, 0.25) is 0 Å². The van der Waals surface area contributed by atoms with Crippen molar-refractivity contribution in [1.29, 1.82) is 0 Å². The van der Waals surface area contributed by atoms with Crippen LogP contribution in [0.1, 0.15) is 10.4 Å². The molecule has 0 bridgehead atoms. The lowest BCUT2D eigenvalue weighted by molar-refractivity contribution is 0.0596. The molecule has 2 nitrogen and oxygen atoms in total. The number of methoxy groups -OCH3 is 1. The Hall–Kier alpha value is -1.86. The van der Waals surface area contributed by atoms with E-state index >= 15 is 0 Å². The number of carbonyl (C=O) groups excluding carboxylic acids is 1. The number of rotatable bonds is 1. The molecule has 0 aliphatic carbocycles. The lowest BCUT2D eigenvalue weighted by atomic mass is 10.1. The number of hydrogen-bond acceptors (Lipinski definition) is 2. The Labute approximate surface area is 113 Å². The van der Waals surface area contributed by atoms with Crippen molar-refractivity contribution in [3.05, 3.63) is 46.2 Å². The van der Waals surface area contributed by atoms with Crippen LogP contribution < -0.4 is 0 Å². The summed E-state index contributed by atoms with van der Waals surface area (Å²) in [6.07, 6.45) is 8.00. The average molecular weight is 309 g/mol. The highest BCUT2D eigenvalue weighted by Crippen LogP contribution is 2.29. The van der Waals surface area contributed by atoms with E-state index in [-0.39, 0.29) is 5.56 Å². The standard InChI is InChI=1S/C12H8BrFO2.C2H2/c1-16-12(15)9-6-10(13)7-4-2-3-5-8(7)11(9)14;1-2/h2-6H,1H3;1-2H. The maximum atomic E-state index is 14.0. The second kappa shape index (κ2) is 6.18. The summed E-state index contributed by atoms with van der Waals surface area (Å²) in [5.74, 6) is -1.23. The molecule has 2 aromatic rings. The molecule has 0 N–H and O–H groups in total. The van der Waals surface area contributed by atoms with Crippen LogP contribution in [0.5, 0.6) is 0 Å². The molecule has 4 heteroatoms. The van der Waals surface area contributed by atoms with Crippen LogP contribution in [-0.4, -0.2) is 13.1 Å². The van der Waals surface area contributed by atoms with Crippen LogP contribution in [0.25, 0.3) is 10.8 Å². The minimum atomic E-state index is -0.677. The third kappa shape index (κ3) is 2.52. The molecule has 0 unspecified atom stereocenters. The molecule has 0 atom stereocenters. The van der Waals surface area contributed by atoms with Crippen molar-refractivity contribution in [3.8, 4) is 12.8 Å². The van der Waals surface area contributed by atoms with E-state index < -0.39 is 11.8 Å². The molecular weight excluding hydrogens is 299 g/mol. The number of carbonyl (C=O) groups is 1. The van der Waals surface area contributed by atoms with Crippen molar-refractivity contribution in [1.82, 2.24) is 0 Å². The maximum Gasteiger partial charge on any atom is 0.340 e. The molecule has 2 aromatic carbocycles. The minimum absolute atomic E-state index is 0.0620. The summed E-state index contributed by atoms with van der Waals surface area (Å²) in [6, 6.07) is 8.37. The summed E-state index contributed by atoms with van der Waals surface area (Å²) in [6.45, 7) is 0. The van der Waals surface area contributed by atoms with Crippen molar-refractivity contribution in [2.24, 2.45) is 0 Å². The first-order valence-electron chi connectivity index (χ1n) is 4.93. The minimum Gasteiger partial charge on any atom is -0.465 e. The molecule has 0 aliphatic rings. The zero-order chi connectivity index (χ0) is 13.7. The van der Waals surface area contributed by atoms with Gasteiger partial charge in [-0.25, -0.2) is 9.18 Å². The largest absolute Gasteiger partial charge is 0.465 e. The van der Waals surface area contributed by atoms with Crippen molar-refractivity contribution >= 4 is 32.7 Å². The molecule has 0 aliphatic heterocycles. The molecule has 92 valence electrons. The Morgan fingerprint density at radius 3 is 2.39 bits per heavy atom. The highest BCUT2D eigenvalue weighted by atomic mass is 79.9. The van der Waals surface area contributed by atoms with E-state index in [9.17, 15) is 9.18 Å². The van der Waals surface area contributed by atoms with Gasteiger partial charge in [-0.15, -0.1) is 12.8 Å². The zero-order valence-electron chi connectivity index (χ0n) is 9.61. The lowest BCUT2D eigenvalue weighted by Gasteiger charge is -2.06. The summed E-state index contributed by atoms with van der Waals surface area (Å²) in [4.78, 5) is 11.3. The fourth-order valence-electron chi connectivity index (χ4n) is 1.55. The van der Waals surface area contributed by atoms with E-state index in [1.54, 1.807) is 18.2 Å². The van der Waals surface area contributed by atoms with E-state index in [4.69, 9.17) is 0 Å². The SMILES string of the molecule is C#C.COC(=O)c1cc(Br)c2ccccc2c1F. The Bertz CT molecular complexity index is 605. The van der Waals surface area contributed by atoms with Gasteiger partial charge in [0.15, 0.2) is 0 Å². The van der Waals surface area contributed by atoms with Crippen LogP contribution in [0.4, 0.5) is 4.39 Å². The van der Waals surface area contributed by atoms with Crippen LogP contribution in [0.15, 0.2) is 34.8 Å². The Kier molecular flexibility index (Phi) is 4.87. The second-order valence-corrected chi connectivity index (χ2v) is 4.11. The van der Waals surface area contributed by atoms with E-state index in [0.29, 0.717) is 9.86 Å². The smallest absolute Gasteiger partial charge is 0.340 e. The molecule has 0 saturated heterocycles. The average Bonchev–Trinajstić information content (AvgIpc) is 2.44. The zero-order valence-corrected chi connectivity index (χ0v) is 11.2. The van der Waals surface area contributed by atoms with E-state index in [1.165, 1.54) is 13.2 Å². The Balaban J connectivity index is 0.000000771. The Morgan fingerprint density at radius 2 is 1.83 bits per heavy atom. The van der Waals surface area contributed by atoms with E-state index in [0.717, 1.165) is 5.39 Å². The van der Waals surface area contributed by atoms with Gasteiger partial charge in [-0.1, -0.05) is 40.2 Å². The number of fused-ring (bicyclic) bond motifs is 1. The molecule has 0 amide bonds. The highest BCUT2D eigenvalue weighted by molar-refractivity contribution is 9.10. The van der Waals surface area contributed by atoms with Crippen LogP contribution in [0.3, 0.4) is 0 Å². The van der Waals surface area contributed by atoms with Crippen LogP contribution in [-0.2, 0) is 4.74 Å². The fourth-order valence-corrected chi connectivity index (χ4v) is 2.13. The van der Waals surface area contributed by atoms with Crippen molar-refractivity contribution in [2.45, 2.75) is 0 Å². The molecule has 0 fully saturated rings. The van der Waals surface area contributed by atoms with Gasteiger partial charge < -0.3 is 4.74 Å². The summed E-state index contributed by atoms with van der Waals surface area (Å²) >= 11 is 3.30. The van der Waals surface area contributed by atoms with Crippen LogP contribution in [0, 0.1) is 18.7 Å². The number of hydrogen-bond donors (Lipinski definition) is 0. The topological polar surface area (TPSA) is 26.3 Å². The monoisotopic (exact) mass is 308 g/mol. The fraction of sp³-hybridized carbons (Fsp3) is 0.0714. The quantitative estimate of drug-likeness (QED) is 0.592. The van der Waals surface area contributed by atoms with E-state index in [2.05, 4.69) is 33.5 Å². The van der Waals surface area contributed by atoms with Gasteiger partial charge in [0.05, 0.1) is 12.7 Å². The number of halogens is 2. The summed E-state index contributed by atoms with van der Waals surface area (Å²) < 4.78 is 19.2. The van der Waals surface area contributed by atoms with E-state index in [1.807, 2.05) is 6.07 Å². The summed E-state index contributed by atoms with van der Waals surface area (Å²) in [7, 11) is 1.23. The third-order valence-electron chi connectivity index (χ3n) is 2.33.